The van der Waals surface area contributed by atoms with Crippen molar-refractivity contribution in [3.05, 3.63) is 0 Å². The summed E-state index contributed by atoms with van der Waals surface area (Å²) in [7, 11) is 0. The van der Waals surface area contributed by atoms with Crippen molar-refractivity contribution in [3.63, 3.8) is 0 Å². The first-order valence-electron chi connectivity index (χ1n) is 0.408. The van der Waals surface area contributed by atoms with E-state index in [0.717, 1.165) is 0 Å². The molecular weight excluding hydrogens is 169 g/mol. The molecule has 41 valence electrons. The van der Waals surface area contributed by atoms with Crippen LogP contribution in [0.4, 0.5) is 0 Å². The molecule has 0 aliphatic rings. The Bertz CT molecular complexity index is 7.51. The van der Waals surface area contributed by atoms with E-state index >= 15 is 0 Å². The van der Waals surface area contributed by atoms with Crippen molar-refractivity contribution in [1.82, 2.24) is 0 Å². The Morgan fingerprint density at radius 1 is 0.833 bits per heavy atom. The number of rotatable bonds is 0. The third-order valence-corrected chi connectivity index (χ3v) is 0. The predicted octanol–water partition coefficient (Wildman–Crippen LogP) is 2.07. The molecule has 0 aromatic rings. The van der Waals surface area contributed by atoms with Gasteiger partial charge in [-0.25, -0.2) is 0 Å². The van der Waals surface area contributed by atoms with Gasteiger partial charge in [-0.2, -0.15) is 6.26 Å². The zero-order chi connectivity index (χ0) is 2.00. The van der Waals surface area contributed by atoms with E-state index in [1.165, 1.54) is 0 Å². The molecule has 0 saturated carbocycles. The summed E-state index contributed by atoms with van der Waals surface area (Å²) in [5, 5.41) is 0. The molecule has 0 rings (SSSR count). The van der Waals surface area contributed by atoms with Gasteiger partial charge in [0.2, 0.25) is 0 Å². The molecule has 0 unspecified atom stereocenters. The summed E-state index contributed by atoms with van der Waals surface area (Å²) in [6.07, 6.45) is 1.58. The Kier molecular flexibility index (Phi) is 780. The van der Waals surface area contributed by atoms with E-state index in [2.05, 4.69) is 12.6 Å². The van der Waals surface area contributed by atoms with Crippen LogP contribution in [0.1, 0.15) is 22.3 Å². The van der Waals surface area contributed by atoms with Gasteiger partial charge in [0.15, 0.2) is 0 Å². The van der Waals surface area contributed by atoms with Gasteiger partial charge in [0.25, 0.3) is 0 Å². The molecule has 0 amide bonds. The zero-order valence-electron chi connectivity index (χ0n) is 1.99. The minimum Gasteiger partial charge on any atom is -0.796 e. The molecule has 0 aliphatic carbocycles. The quantitative estimate of drug-likeness (QED) is 0.519. The molecular formula is C4H15SY-. The van der Waals surface area contributed by atoms with Gasteiger partial charge in [0.1, 0.15) is 0 Å². The number of hydrogen-bond acceptors (Lipinski definition) is 1. The molecule has 0 bridgehead atoms. The summed E-state index contributed by atoms with van der Waals surface area (Å²) in [6, 6.07) is 0. The van der Waals surface area contributed by atoms with E-state index in [9.17, 15) is 0 Å². The van der Waals surface area contributed by atoms with Crippen LogP contribution in [-0.4, -0.2) is 6.26 Å². The van der Waals surface area contributed by atoms with Crippen molar-refractivity contribution in [2.75, 3.05) is 6.26 Å². The van der Waals surface area contributed by atoms with Crippen LogP contribution < -0.4 is 0 Å². The van der Waals surface area contributed by atoms with Crippen LogP contribution in [0.25, 0.3) is 0 Å². The summed E-state index contributed by atoms with van der Waals surface area (Å²) in [4.78, 5) is 0. The Labute approximate surface area is 73.4 Å². The molecule has 0 N–H and O–H groups in total. The van der Waals surface area contributed by atoms with Gasteiger partial charge in [-0.1, -0.05) is 22.3 Å². The van der Waals surface area contributed by atoms with Crippen LogP contribution in [0.2, 0.25) is 0 Å². The van der Waals surface area contributed by atoms with Gasteiger partial charge >= 0.3 is 0 Å². The van der Waals surface area contributed by atoms with E-state index in [-0.39, 0.29) is 55.0 Å². The fourth-order valence-electron chi connectivity index (χ4n) is 0. The summed E-state index contributed by atoms with van der Waals surface area (Å²) < 4.78 is 0. The second-order valence-corrected chi connectivity index (χ2v) is 0. The first-order valence-corrected chi connectivity index (χ1v) is 1.22. The molecule has 1 radical (unpaired) electrons. The first-order chi connectivity index (χ1) is 1.00. The van der Waals surface area contributed by atoms with Gasteiger partial charge < -0.3 is 12.6 Å². The van der Waals surface area contributed by atoms with Gasteiger partial charge in [-0.15, -0.1) is 0 Å². The van der Waals surface area contributed by atoms with Gasteiger partial charge in [0.05, 0.1) is 0 Å². The Balaban J connectivity index is -0.000000000833. The average molecular weight is 184 g/mol. The predicted molar refractivity (Wildman–Crippen MR) is 33.5 cm³/mol. The largest absolute Gasteiger partial charge is 0.796 e. The summed E-state index contributed by atoms with van der Waals surface area (Å²) >= 11 is 4.08. The Hall–Kier alpha value is 1.45. The van der Waals surface area contributed by atoms with Crippen molar-refractivity contribution in [2.45, 2.75) is 22.3 Å². The second-order valence-electron chi connectivity index (χ2n) is 0. The van der Waals surface area contributed by atoms with Crippen molar-refractivity contribution >= 4 is 12.6 Å². The standard InChI is InChI=1S/CH4S.3CH4.Y/c1-2;;;;/h2H,1H3;3*1H4;/p-1. The molecule has 0 fully saturated rings. The minimum absolute atomic E-state index is 0. The normalized spacial score (nSPS) is 1.00. The number of hydrogen-bond donors (Lipinski definition) is 0. The summed E-state index contributed by atoms with van der Waals surface area (Å²) in [5.41, 5.74) is 0. The van der Waals surface area contributed by atoms with Gasteiger partial charge in [0, 0.05) is 32.7 Å². The molecule has 0 spiro atoms. The molecule has 0 aliphatic heterocycles. The van der Waals surface area contributed by atoms with E-state index in [0.29, 0.717) is 0 Å². The van der Waals surface area contributed by atoms with Crippen molar-refractivity contribution in [1.29, 1.82) is 0 Å². The molecule has 6 heavy (non-hydrogen) atoms. The van der Waals surface area contributed by atoms with Crippen molar-refractivity contribution < 1.29 is 32.7 Å². The molecule has 0 nitrogen and oxygen atoms in total. The van der Waals surface area contributed by atoms with Crippen molar-refractivity contribution in [3.8, 4) is 0 Å². The molecule has 0 aromatic heterocycles. The summed E-state index contributed by atoms with van der Waals surface area (Å²) in [5.74, 6) is 0. The second kappa shape index (κ2) is 90.8. The molecule has 0 heterocycles. The zero-order valence-corrected chi connectivity index (χ0v) is 5.64. The van der Waals surface area contributed by atoms with E-state index < -0.39 is 0 Å². The van der Waals surface area contributed by atoms with E-state index in [4.69, 9.17) is 0 Å². The molecule has 0 aromatic carbocycles. The van der Waals surface area contributed by atoms with Crippen LogP contribution in [0.15, 0.2) is 0 Å². The first kappa shape index (κ1) is 51.6. The fourth-order valence-corrected chi connectivity index (χ4v) is 0. The van der Waals surface area contributed by atoms with Crippen LogP contribution >= 0.6 is 0 Å². The van der Waals surface area contributed by atoms with E-state index in [1.807, 2.05) is 0 Å². The smallest absolute Gasteiger partial charge is 0 e. The van der Waals surface area contributed by atoms with Gasteiger partial charge in [-0.05, 0) is 0 Å². The third kappa shape index (κ3) is 51.2. The monoisotopic (exact) mass is 184 g/mol. The maximum atomic E-state index is 4.08. The van der Waals surface area contributed by atoms with Crippen LogP contribution in [0.3, 0.4) is 0 Å². The Morgan fingerprint density at radius 3 is 0.833 bits per heavy atom. The minimum atomic E-state index is 0. The maximum absolute atomic E-state index is 4.08. The maximum Gasteiger partial charge on any atom is 0 e. The van der Waals surface area contributed by atoms with E-state index in [1.54, 1.807) is 6.26 Å². The van der Waals surface area contributed by atoms with Crippen molar-refractivity contribution in [2.24, 2.45) is 0 Å². The SMILES string of the molecule is C.C.C.C[S-].[Y]. The topological polar surface area (TPSA) is 0 Å². The molecule has 0 saturated heterocycles. The molecule has 0 atom stereocenters. The van der Waals surface area contributed by atoms with Crippen LogP contribution in [0.5, 0.6) is 0 Å². The van der Waals surface area contributed by atoms with Gasteiger partial charge in [-0.3, -0.25) is 0 Å². The Morgan fingerprint density at radius 2 is 0.833 bits per heavy atom. The van der Waals surface area contributed by atoms with Crippen LogP contribution in [-0.2, 0) is 45.3 Å². The van der Waals surface area contributed by atoms with Crippen LogP contribution in [0, 0.1) is 0 Å². The third-order valence-electron chi connectivity index (χ3n) is 0. The fraction of sp³-hybridized carbons (Fsp3) is 1.00. The average Bonchev–Trinajstić information content (AvgIpc) is 1.00. The summed E-state index contributed by atoms with van der Waals surface area (Å²) in [6.45, 7) is 0. The molecule has 2 heteroatoms.